The number of fused-ring (bicyclic) bond motifs is 11. The highest BCUT2D eigenvalue weighted by atomic mass is 32.1. The fraction of sp³-hybridized carbons (Fsp3) is 0. The predicted molar refractivity (Wildman–Crippen MR) is 251 cm³/mol. The Balaban J connectivity index is 1.15. The Morgan fingerprint density at radius 3 is 1.69 bits per heavy atom. The lowest BCUT2D eigenvalue weighted by Crippen LogP contribution is -2.04. The largest absolute Gasteiger partial charge is 0.308 e. The minimum Gasteiger partial charge on any atom is -0.308 e. The molecule has 0 radical (unpaired) electrons. The van der Waals surface area contributed by atoms with Gasteiger partial charge in [-0.15, -0.1) is 22.7 Å². The number of aromatic nitrogens is 4. The van der Waals surface area contributed by atoms with E-state index in [9.17, 15) is 0 Å². The molecule has 13 aromatic rings. The standard InChI is InChI=1S/C53H30N4S2/c1-2-14-33-27-45-41(26-32(33)13-1)36-17-5-8-21-44(36)57(45)46-30-50-42(38-19-7-10-23-48(38)59-50)29-43(46)53-55-51(34-24-25-39-37-18-6-9-22-47(37)58-49(39)28-34)54-52(56-53)40-20-11-15-31-12-3-4-16-35(31)40/h1-30H. The quantitative estimate of drug-likeness (QED) is 0.178. The first kappa shape index (κ1) is 32.8. The van der Waals surface area contributed by atoms with E-state index in [2.05, 4.69) is 187 Å². The van der Waals surface area contributed by atoms with Crippen molar-refractivity contribution >= 4 is 106 Å². The maximum absolute atomic E-state index is 5.47. The van der Waals surface area contributed by atoms with Crippen molar-refractivity contribution in [2.24, 2.45) is 0 Å². The van der Waals surface area contributed by atoms with E-state index in [0.29, 0.717) is 17.5 Å². The number of hydrogen-bond donors (Lipinski definition) is 0. The normalized spacial score (nSPS) is 12.1. The van der Waals surface area contributed by atoms with Crippen LogP contribution in [0.2, 0.25) is 0 Å². The van der Waals surface area contributed by atoms with Crippen LogP contribution in [0.1, 0.15) is 0 Å². The molecule has 4 nitrogen and oxygen atoms in total. The minimum atomic E-state index is 0.633. The number of hydrogen-bond acceptors (Lipinski definition) is 5. The third-order valence-electron chi connectivity index (χ3n) is 11.8. The summed E-state index contributed by atoms with van der Waals surface area (Å²) in [6, 6.07) is 65.6. The molecule has 0 unspecified atom stereocenters. The monoisotopic (exact) mass is 786 g/mol. The number of para-hydroxylation sites is 1. The highest BCUT2D eigenvalue weighted by Crippen LogP contribution is 2.44. The molecule has 4 heterocycles. The Bertz CT molecular complexity index is 3870. The summed E-state index contributed by atoms with van der Waals surface area (Å²) in [6.45, 7) is 0. The SMILES string of the molecule is c1ccc2cc3c(cc2c1)c1ccccc1n3-c1cc2sc3ccccc3c2cc1-c1nc(-c2ccc3c(c2)sc2ccccc23)nc(-c2cccc3ccccc23)n1. The van der Waals surface area contributed by atoms with E-state index in [0.717, 1.165) is 44.2 Å². The Morgan fingerprint density at radius 2 is 0.898 bits per heavy atom. The van der Waals surface area contributed by atoms with Crippen LogP contribution in [0.4, 0.5) is 0 Å². The van der Waals surface area contributed by atoms with Crippen molar-refractivity contribution in [3.8, 4) is 39.9 Å². The van der Waals surface area contributed by atoms with Gasteiger partial charge in [0.05, 0.1) is 16.7 Å². The molecule has 0 atom stereocenters. The average Bonchev–Trinajstić information content (AvgIpc) is 3.96. The number of nitrogens with zero attached hydrogens (tertiary/aromatic N) is 4. The van der Waals surface area contributed by atoms with Crippen LogP contribution in [0.5, 0.6) is 0 Å². The van der Waals surface area contributed by atoms with Gasteiger partial charge in [-0.3, -0.25) is 0 Å². The molecular weight excluding hydrogens is 757 g/mol. The summed E-state index contributed by atoms with van der Waals surface area (Å²) >= 11 is 3.64. The van der Waals surface area contributed by atoms with Crippen molar-refractivity contribution in [2.75, 3.05) is 0 Å². The second kappa shape index (κ2) is 12.6. The molecule has 4 aromatic heterocycles. The molecule has 0 N–H and O–H groups in total. The van der Waals surface area contributed by atoms with Crippen molar-refractivity contribution in [3.05, 3.63) is 182 Å². The lowest BCUT2D eigenvalue weighted by molar-refractivity contribution is 1.07. The summed E-state index contributed by atoms with van der Waals surface area (Å²) in [5.74, 6) is 1.92. The summed E-state index contributed by atoms with van der Waals surface area (Å²) in [7, 11) is 0. The van der Waals surface area contributed by atoms with E-state index in [1.807, 2.05) is 22.7 Å². The van der Waals surface area contributed by atoms with Gasteiger partial charge in [-0.05, 0) is 70.1 Å². The maximum Gasteiger partial charge on any atom is 0.166 e. The molecule has 0 aliphatic rings. The van der Waals surface area contributed by atoms with Gasteiger partial charge in [0.25, 0.3) is 0 Å². The molecule has 0 fully saturated rings. The molecule has 0 saturated heterocycles. The zero-order valence-electron chi connectivity index (χ0n) is 31.4. The van der Waals surface area contributed by atoms with E-state index in [1.54, 1.807) is 0 Å². The number of rotatable bonds is 4. The molecule has 0 amide bonds. The molecule has 0 aliphatic carbocycles. The third-order valence-corrected chi connectivity index (χ3v) is 14.1. The smallest absolute Gasteiger partial charge is 0.166 e. The van der Waals surface area contributed by atoms with Gasteiger partial charge in [-0.1, -0.05) is 133 Å². The molecule has 9 aromatic carbocycles. The molecule has 0 aliphatic heterocycles. The van der Waals surface area contributed by atoms with Crippen LogP contribution in [-0.4, -0.2) is 19.5 Å². The topological polar surface area (TPSA) is 43.6 Å². The van der Waals surface area contributed by atoms with E-state index in [-0.39, 0.29) is 0 Å². The molecule has 0 spiro atoms. The zero-order chi connectivity index (χ0) is 38.6. The van der Waals surface area contributed by atoms with Crippen molar-refractivity contribution in [1.29, 1.82) is 0 Å². The summed E-state index contributed by atoms with van der Waals surface area (Å²) in [4.78, 5) is 16.3. The van der Waals surface area contributed by atoms with Crippen LogP contribution >= 0.6 is 22.7 Å². The molecule has 13 rings (SSSR count). The molecule has 0 saturated carbocycles. The van der Waals surface area contributed by atoms with Crippen molar-refractivity contribution < 1.29 is 0 Å². The second-order valence-electron chi connectivity index (χ2n) is 15.2. The highest BCUT2D eigenvalue weighted by molar-refractivity contribution is 7.26. The lowest BCUT2D eigenvalue weighted by atomic mass is 10.0. The Hall–Kier alpha value is -7.25. The van der Waals surface area contributed by atoms with Crippen LogP contribution in [0.25, 0.3) is 124 Å². The van der Waals surface area contributed by atoms with Gasteiger partial charge >= 0.3 is 0 Å². The predicted octanol–water partition coefficient (Wildman–Crippen LogP) is 15.0. The van der Waals surface area contributed by atoms with Gasteiger partial charge in [0.2, 0.25) is 0 Å². The molecule has 59 heavy (non-hydrogen) atoms. The van der Waals surface area contributed by atoms with Gasteiger partial charge in [-0.25, -0.2) is 15.0 Å². The number of thiophene rings is 2. The molecule has 274 valence electrons. The van der Waals surface area contributed by atoms with E-state index < -0.39 is 0 Å². The Labute approximate surface area is 345 Å². The zero-order valence-corrected chi connectivity index (χ0v) is 33.1. The van der Waals surface area contributed by atoms with Gasteiger partial charge < -0.3 is 4.57 Å². The summed E-state index contributed by atoms with van der Waals surface area (Å²) in [5, 5.41) is 12.0. The van der Waals surface area contributed by atoms with Crippen molar-refractivity contribution in [2.45, 2.75) is 0 Å². The minimum absolute atomic E-state index is 0.633. The fourth-order valence-electron chi connectivity index (χ4n) is 9.07. The fourth-order valence-corrected chi connectivity index (χ4v) is 11.3. The van der Waals surface area contributed by atoms with Crippen molar-refractivity contribution in [1.82, 2.24) is 19.5 Å². The first-order valence-electron chi connectivity index (χ1n) is 19.8. The van der Waals surface area contributed by atoms with Crippen LogP contribution < -0.4 is 0 Å². The van der Waals surface area contributed by atoms with Crippen molar-refractivity contribution in [3.63, 3.8) is 0 Å². The highest BCUT2D eigenvalue weighted by Gasteiger charge is 2.23. The van der Waals surface area contributed by atoms with Crippen LogP contribution in [0.3, 0.4) is 0 Å². The second-order valence-corrected chi connectivity index (χ2v) is 17.3. The summed E-state index contributed by atoms with van der Waals surface area (Å²) in [5.41, 5.74) is 6.20. The molecule has 6 heteroatoms. The Morgan fingerprint density at radius 1 is 0.322 bits per heavy atom. The molecular formula is C53H30N4S2. The van der Waals surface area contributed by atoms with E-state index >= 15 is 0 Å². The Kier molecular flexibility index (Phi) is 7.02. The van der Waals surface area contributed by atoms with Gasteiger partial charge in [0.15, 0.2) is 17.5 Å². The maximum atomic E-state index is 5.47. The van der Waals surface area contributed by atoms with Crippen LogP contribution in [-0.2, 0) is 0 Å². The van der Waals surface area contributed by atoms with Gasteiger partial charge in [0, 0.05) is 67.8 Å². The summed E-state index contributed by atoms with van der Waals surface area (Å²) < 4.78 is 7.38. The van der Waals surface area contributed by atoms with E-state index in [4.69, 9.17) is 15.0 Å². The van der Waals surface area contributed by atoms with Gasteiger partial charge in [-0.2, -0.15) is 0 Å². The number of benzene rings is 9. The van der Waals surface area contributed by atoms with Gasteiger partial charge in [0.1, 0.15) is 0 Å². The lowest BCUT2D eigenvalue weighted by Gasteiger charge is -2.16. The first-order chi connectivity index (χ1) is 29.2. The average molecular weight is 787 g/mol. The molecule has 0 bridgehead atoms. The van der Waals surface area contributed by atoms with Crippen LogP contribution in [0, 0.1) is 0 Å². The third kappa shape index (κ3) is 5.04. The first-order valence-corrected chi connectivity index (χ1v) is 21.4. The summed E-state index contributed by atoms with van der Waals surface area (Å²) in [6.07, 6.45) is 0. The van der Waals surface area contributed by atoms with Crippen LogP contribution in [0.15, 0.2) is 182 Å². The van der Waals surface area contributed by atoms with E-state index in [1.165, 1.54) is 61.9 Å².